The van der Waals surface area contributed by atoms with Gasteiger partial charge in [-0.15, -0.1) is 0 Å². The molecule has 1 atom stereocenters. The maximum Gasteiger partial charge on any atom is 0.258 e. The first-order chi connectivity index (χ1) is 12.1. The van der Waals surface area contributed by atoms with Gasteiger partial charge in [-0.25, -0.2) is 4.98 Å². The standard InChI is InChI=1S/C18H21N5O2/c1-13(12-23-11-5-10-19-23)20-17(24)9-4-8-16-21-15-7-3-2-6-14(15)18(25)22-16/h2-3,5-7,10-11,13H,4,8-9,12H2,1H3,(H,20,24)(H,21,22,25)/t13-/m0/s1. The molecule has 0 saturated heterocycles. The van der Waals surface area contributed by atoms with Crippen molar-refractivity contribution in [3.63, 3.8) is 0 Å². The highest BCUT2D eigenvalue weighted by atomic mass is 16.1. The predicted molar refractivity (Wildman–Crippen MR) is 95.1 cm³/mol. The van der Waals surface area contributed by atoms with Gasteiger partial charge in [0.15, 0.2) is 0 Å². The zero-order valence-electron chi connectivity index (χ0n) is 14.1. The van der Waals surface area contributed by atoms with E-state index in [2.05, 4.69) is 20.4 Å². The number of para-hydroxylation sites is 1. The Labute approximate surface area is 145 Å². The van der Waals surface area contributed by atoms with Gasteiger partial charge in [-0.3, -0.25) is 14.3 Å². The number of nitrogens with zero attached hydrogens (tertiary/aromatic N) is 3. The quantitative estimate of drug-likeness (QED) is 0.684. The van der Waals surface area contributed by atoms with E-state index in [4.69, 9.17) is 0 Å². The molecule has 7 heteroatoms. The number of aryl methyl sites for hydroxylation is 1. The van der Waals surface area contributed by atoms with Gasteiger partial charge in [0.2, 0.25) is 5.91 Å². The maximum absolute atomic E-state index is 12.0. The number of nitrogens with one attached hydrogen (secondary N) is 2. The fraction of sp³-hybridized carbons (Fsp3) is 0.333. The average molecular weight is 339 g/mol. The monoisotopic (exact) mass is 339 g/mol. The zero-order valence-corrected chi connectivity index (χ0v) is 14.1. The first kappa shape index (κ1) is 16.9. The van der Waals surface area contributed by atoms with E-state index in [-0.39, 0.29) is 17.5 Å². The van der Waals surface area contributed by atoms with Crippen LogP contribution in [0.15, 0.2) is 47.5 Å². The van der Waals surface area contributed by atoms with Crippen molar-refractivity contribution in [3.05, 3.63) is 58.9 Å². The molecule has 2 heterocycles. The Morgan fingerprint density at radius 2 is 2.16 bits per heavy atom. The van der Waals surface area contributed by atoms with Crippen LogP contribution >= 0.6 is 0 Å². The van der Waals surface area contributed by atoms with Crippen molar-refractivity contribution in [1.82, 2.24) is 25.1 Å². The molecule has 3 aromatic rings. The molecule has 0 aliphatic rings. The van der Waals surface area contributed by atoms with Crippen LogP contribution in [0, 0.1) is 0 Å². The van der Waals surface area contributed by atoms with E-state index in [9.17, 15) is 9.59 Å². The van der Waals surface area contributed by atoms with Crippen molar-refractivity contribution in [2.45, 2.75) is 38.8 Å². The zero-order chi connectivity index (χ0) is 17.6. The van der Waals surface area contributed by atoms with Gasteiger partial charge >= 0.3 is 0 Å². The minimum Gasteiger partial charge on any atom is -0.352 e. The Morgan fingerprint density at radius 3 is 2.96 bits per heavy atom. The molecule has 2 N–H and O–H groups in total. The highest BCUT2D eigenvalue weighted by molar-refractivity contribution is 5.77. The Balaban J connectivity index is 1.49. The summed E-state index contributed by atoms with van der Waals surface area (Å²) in [6.07, 6.45) is 5.15. The van der Waals surface area contributed by atoms with Crippen LogP contribution in [0.1, 0.15) is 25.6 Å². The Morgan fingerprint density at radius 1 is 1.32 bits per heavy atom. The summed E-state index contributed by atoms with van der Waals surface area (Å²) in [4.78, 5) is 31.3. The fourth-order valence-corrected chi connectivity index (χ4v) is 2.75. The highest BCUT2D eigenvalue weighted by Gasteiger charge is 2.09. The van der Waals surface area contributed by atoms with Gasteiger partial charge < -0.3 is 10.3 Å². The number of benzene rings is 1. The molecule has 0 saturated carbocycles. The summed E-state index contributed by atoms with van der Waals surface area (Å²) < 4.78 is 1.79. The third-order valence-corrected chi connectivity index (χ3v) is 3.91. The van der Waals surface area contributed by atoms with Gasteiger partial charge in [0.05, 0.1) is 17.4 Å². The van der Waals surface area contributed by atoms with Crippen molar-refractivity contribution in [1.29, 1.82) is 0 Å². The summed E-state index contributed by atoms with van der Waals surface area (Å²) in [5.41, 5.74) is 0.538. The number of H-pyrrole nitrogens is 1. The third-order valence-electron chi connectivity index (χ3n) is 3.91. The molecule has 0 bridgehead atoms. The van der Waals surface area contributed by atoms with Crippen LogP contribution in [0.5, 0.6) is 0 Å². The van der Waals surface area contributed by atoms with Gasteiger partial charge in [0.1, 0.15) is 5.82 Å². The van der Waals surface area contributed by atoms with Crippen LogP contribution in [-0.4, -0.2) is 31.7 Å². The molecule has 0 radical (unpaired) electrons. The molecule has 0 aliphatic carbocycles. The number of amides is 1. The summed E-state index contributed by atoms with van der Waals surface area (Å²) in [6, 6.07) is 9.09. The lowest BCUT2D eigenvalue weighted by atomic mass is 10.2. The van der Waals surface area contributed by atoms with E-state index >= 15 is 0 Å². The minimum absolute atomic E-state index is 0.00556. The molecule has 25 heavy (non-hydrogen) atoms. The summed E-state index contributed by atoms with van der Waals surface area (Å²) >= 11 is 0. The molecule has 1 aromatic carbocycles. The molecule has 0 spiro atoms. The molecule has 130 valence electrons. The van der Waals surface area contributed by atoms with Gasteiger partial charge in [-0.05, 0) is 31.5 Å². The molecular formula is C18H21N5O2. The first-order valence-corrected chi connectivity index (χ1v) is 8.36. The summed E-state index contributed by atoms with van der Waals surface area (Å²) in [5, 5.41) is 7.66. The van der Waals surface area contributed by atoms with E-state index < -0.39 is 0 Å². The largest absolute Gasteiger partial charge is 0.352 e. The van der Waals surface area contributed by atoms with Gasteiger partial charge in [-0.1, -0.05) is 12.1 Å². The van der Waals surface area contributed by atoms with E-state index in [0.29, 0.717) is 42.5 Å². The number of rotatable bonds is 7. The Kier molecular flexibility index (Phi) is 5.23. The van der Waals surface area contributed by atoms with Crippen LogP contribution in [0.3, 0.4) is 0 Å². The maximum atomic E-state index is 12.0. The highest BCUT2D eigenvalue weighted by Crippen LogP contribution is 2.07. The normalized spacial score (nSPS) is 12.2. The lowest BCUT2D eigenvalue weighted by molar-refractivity contribution is -0.121. The minimum atomic E-state index is -0.141. The smallest absolute Gasteiger partial charge is 0.258 e. The second kappa shape index (κ2) is 7.74. The number of aromatic nitrogens is 4. The van der Waals surface area contributed by atoms with Gasteiger partial charge in [0.25, 0.3) is 5.56 Å². The van der Waals surface area contributed by atoms with Gasteiger partial charge in [0, 0.05) is 31.3 Å². The lowest BCUT2D eigenvalue weighted by Crippen LogP contribution is -2.35. The number of carbonyl (C=O) groups is 1. The van der Waals surface area contributed by atoms with E-state index in [1.54, 1.807) is 16.9 Å². The molecule has 3 rings (SSSR count). The average Bonchev–Trinajstić information content (AvgIpc) is 3.07. The number of aromatic amines is 1. The van der Waals surface area contributed by atoms with Crippen LogP contribution in [-0.2, 0) is 17.8 Å². The van der Waals surface area contributed by atoms with Crippen LogP contribution in [0.25, 0.3) is 10.9 Å². The van der Waals surface area contributed by atoms with Crippen LogP contribution in [0.2, 0.25) is 0 Å². The van der Waals surface area contributed by atoms with Gasteiger partial charge in [-0.2, -0.15) is 5.10 Å². The summed E-state index contributed by atoms with van der Waals surface area (Å²) in [7, 11) is 0. The Bertz CT molecular complexity index is 901. The first-order valence-electron chi connectivity index (χ1n) is 8.36. The van der Waals surface area contributed by atoms with Crippen LogP contribution in [0.4, 0.5) is 0 Å². The number of hydrogen-bond donors (Lipinski definition) is 2. The predicted octanol–water partition coefficient (Wildman–Crippen LogP) is 1.65. The number of carbonyl (C=O) groups excluding carboxylic acids is 1. The van der Waals surface area contributed by atoms with Crippen molar-refractivity contribution >= 4 is 16.8 Å². The van der Waals surface area contributed by atoms with Crippen molar-refractivity contribution < 1.29 is 4.79 Å². The molecule has 7 nitrogen and oxygen atoms in total. The lowest BCUT2D eigenvalue weighted by Gasteiger charge is -2.13. The number of hydrogen-bond acceptors (Lipinski definition) is 4. The molecule has 0 fully saturated rings. The molecule has 0 aliphatic heterocycles. The van der Waals surface area contributed by atoms with E-state index in [0.717, 1.165) is 0 Å². The molecule has 2 aromatic heterocycles. The summed E-state index contributed by atoms with van der Waals surface area (Å²) in [5.74, 6) is 0.601. The second-order valence-electron chi connectivity index (χ2n) is 6.08. The van der Waals surface area contributed by atoms with Crippen molar-refractivity contribution in [2.24, 2.45) is 0 Å². The number of fused-ring (bicyclic) bond motifs is 1. The van der Waals surface area contributed by atoms with Crippen molar-refractivity contribution in [2.75, 3.05) is 0 Å². The topological polar surface area (TPSA) is 92.7 Å². The molecule has 1 amide bonds. The third kappa shape index (κ3) is 4.53. The fourth-order valence-electron chi connectivity index (χ4n) is 2.75. The van der Waals surface area contributed by atoms with Crippen molar-refractivity contribution in [3.8, 4) is 0 Å². The summed E-state index contributed by atoms with van der Waals surface area (Å²) in [6.45, 7) is 2.58. The second-order valence-corrected chi connectivity index (χ2v) is 6.08. The Hall–Kier alpha value is -2.96. The van der Waals surface area contributed by atoms with E-state index in [1.165, 1.54) is 0 Å². The SMILES string of the molecule is C[C@@H](Cn1cccn1)NC(=O)CCCc1nc2ccccc2c(=O)[nH]1. The molecular weight excluding hydrogens is 318 g/mol. The van der Waals surface area contributed by atoms with E-state index in [1.807, 2.05) is 37.4 Å². The van der Waals surface area contributed by atoms with Crippen LogP contribution < -0.4 is 10.9 Å². The molecule has 0 unspecified atom stereocenters.